The van der Waals surface area contributed by atoms with Crippen LogP contribution in [0.3, 0.4) is 0 Å². The first-order valence-corrected chi connectivity index (χ1v) is 7.00. The van der Waals surface area contributed by atoms with Gasteiger partial charge in [0.2, 0.25) is 0 Å². The lowest BCUT2D eigenvalue weighted by Crippen LogP contribution is -2.30. The van der Waals surface area contributed by atoms with Crippen molar-refractivity contribution in [1.82, 2.24) is 4.90 Å². The Morgan fingerprint density at radius 1 is 1.56 bits per heavy atom. The summed E-state index contributed by atoms with van der Waals surface area (Å²) in [6, 6.07) is 4.90. The van der Waals surface area contributed by atoms with Crippen LogP contribution in [0.25, 0.3) is 0 Å². The molecule has 100 valence electrons. The van der Waals surface area contributed by atoms with E-state index in [4.69, 9.17) is 0 Å². The number of nitrogens with zero attached hydrogens (tertiary/aromatic N) is 2. The fraction of sp³-hybridized carbons (Fsp3) is 0.500. The average Bonchev–Trinajstić information content (AvgIpc) is 2.28. The van der Waals surface area contributed by atoms with Gasteiger partial charge in [-0.3, -0.25) is 15.0 Å². The zero-order chi connectivity index (χ0) is 13.7. The van der Waals surface area contributed by atoms with Crippen molar-refractivity contribution in [3.05, 3.63) is 33.9 Å². The zero-order valence-corrected chi connectivity index (χ0v) is 11.6. The van der Waals surface area contributed by atoms with Crippen molar-refractivity contribution in [3.8, 4) is 5.75 Å². The molecule has 18 heavy (non-hydrogen) atoms. The molecule has 0 fully saturated rings. The van der Waals surface area contributed by atoms with Gasteiger partial charge in [0.25, 0.3) is 0 Å². The zero-order valence-electron chi connectivity index (χ0n) is 10.8. The minimum atomic E-state index is -0.584. The molecule has 0 radical (unpaired) electrons. The van der Waals surface area contributed by atoms with Crippen molar-refractivity contribution in [2.24, 2.45) is 0 Å². The number of phenolic OH excluding ortho intramolecular Hbond substituents is 1. The van der Waals surface area contributed by atoms with Crippen LogP contribution in [0, 0.1) is 10.1 Å². The predicted molar refractivity (Wildman–Crippen MR) is 74.1 cm³/mol. The maximum atomic E-state index is 10.6. The molecule has 1 aromatic rings. The van der Waals surface area contributed by atoms with Crippen LogP contribution in [0.15, 0.2) is 18.2 Å². The number of nitro groups is 1. The topological polar surface area (TPSA) is 66.6 Å². The molecule has 0 spiro atoms. The third-order valence-electron chi connectivity index (χ3n) is 2.83. The Kier molecular flexibility index (Phi) is 5.43. The van der Waals surface area contributed by atoms with E-state index in [1.165, 1.54) is 12.1 Å². The van der Waals surface area contributed by atoms with E-state index in [9.17, 15) is 15.2 Å². The monoisotopic (exact) mass is 270 g/mol. The van der Waals surface area contributed by atoms with Crippen molar-refractivity contribution in [2.75, 3.05) is 19.1 Å². The fourth-order valence-electron chi connectivity index (χ4n) is 1.63. The molecule has 1 unspecified atom stereocenters. The summed E-state index contributed by atoms with van der Waals surface area (Å²) in [5.74, 6) is 0.749. The van der Waals surface area contributed by atoms with E-state index in [0.29, 0.717) is 12.6 Å². The molecule has 0 saturated heterocycles. The number of thioether (sulfide) groups is 1. The van der Waals surface area contributed by atoms with Crippen LogP contribution in [0.2, 0.25) is 0 Å². The second-order valence-corrected chi connectivity index (χ2v) is 5.21. The van der Waals surface area contributed by atoms with Gasteiger partial charge < -0.3 is 5.11 Å². The predicted octanol–water partition coefficient (Wildman–Crippen LogP) is 2.48. The van der Waals surface area contributed by atoms with E-state index >= 15 is 0 Å². The van der Waals surface area contributed by atoms with Gasteiger partial charge in [-0.15, -0.1) is 0 Å². The van der Waals surface area contributed by atoms with E-state index in [2.05, 4.69) is 18.1 Å². The summed E-state index contributed by atoms with van der Waals surface area (Å²) in [5.41, 5.74) is 0.618. The standard InChI is InChI=1S/C12H18N2O3S/c1-9(8-18-3)13(2)7-10-4-5-11(14(16)17)12(15)6-10/h4-6,9,15H,7-8H2,1-3H3. The number of hydrogen-bond donors (Lipinski definition) is 1. The second kappa shape index (κ2) is 6.61. The Morgan fingerprint density at radius 2 is 2.22 bits per heavy atom. The van der Waals surface area contributed by atoms with Gasteiger partial charge in [0.05, 0.1) is 4.92 Å². The molecule has 1 N–H and O–H groups in total. The van der Waals surface area contributed by atoms with Crippen LogP contribution in [0.4, 0.5) is 5.69 Å². The van der Waals surface area contributed by atoms with Gasteiger partial charge in [0.15, 0.2) is 5.75 Å². The van der Waals surface area contributed by atoms with Crippen LogP contribution in [-0.4, -0.2) is 40.0 Å². The summed E-state index contributed by atoms with van der Waals surface area (Å²) in [6.07, 6.45) is 2.06. The van der Waals surface area contributed by atoms with Gasteiger partial charge in [0.1, 0.15) is 0 Å². The van der Waals surface area contributed by atoms with Gasteiger partial charge in [-0.2, -0.15) is 11.8 Å². The molecule has 0 aliphatic rings. The Morgan fingerprint density at radius 3 is 2.72 bits per heavy atom. The highest BCUT2D eigenvalue weighted by Crippen LogP contribution is 2.26. The Balaban J connectivity index is 2.74. The molecule has 1 atom stereocenters. The SMILES string of the molecule is CSCC(C)N(C)Cc1ccc([N+](=O)[O-])c(O)c1. The van der Waals surface area contributed by atoms with Crippen LogP contribution < -0.4 is 0 Å². The quantitative estimate of drug-likeness (QED) is 0.635. The maximum absolute atomic E-state index is 10.6. The molecule has 0 amide bonds. The summed E-state index contributed by atoms with van der Waals surface area (Å²) >= 11 is 1.78. The number of rotatable bonds is 6. The lowest BCUT2D eigenvalue weighted by molar-refractivity contribution is -0.385. The average molecular weight is 270 g/mol. The smallest absolute Gasteiger partial charge is 0.310 e. The minimum Gasteiger partial charge on any atom is -0.502 e. The summed E-state index contributed by atoms with van der Waals surface area (Å²) in [6.45, 7) is 2.79. The summed E-state index contributed by atoms with van der Waals surface area (Å²) in [7, 11) is 2.00. The molecular weight excluding hydrogens is 252 g/mol. The summed E-state index contributed by atoms with van der Waals surface area (Å²) < 4.78 is 0. The van der Waals surface area contributed by atoms with E-state index in [1.54, 1.807) is 17.8 Å². The van der Waals surface area contributed by atoms with Crippen molar-refractivity contribution in [2.45, 2.75) is 19.5 Å². The molecule has 6 heteroatoms. The highest BCUT2D eigenvalue weighted by molar-refractivity contribution is 7.98. The van der Waals surface area contributed by atoms with E-state index in [0.717, 1.165) is 11.3 Å². The number of benzene rings is 1. The van der Waals surface area contributed by atoms with Crippen molar-refractivity contribution in [3.63, 3.8) is 0 Å². The van der Waals surface area contributed by atoms with Crippen LogP contribution in [-0.2, 0) is 6.54 Å². The van der Waals surface area contributed by atoms with Gasteiger partial charge in [-0.1, -0.05) is 6.07 Å². The number of nitro benzene ring substituents is 1. The van der Waals surface area contributed by atoms with Crippen molar-refractivity contribution < 1.29 is 10.0 Å². The van der Waals surface area contributed by atoms with Crippen LogP contribution in [0.5, 0.6) is 5.75 Å². The first-order valence-electron chi connectivity index (χ1n) is 5.61. The lowest BCUT2D eigenvalue weighted by atomic mass is 10.1. The second-order valence-electron chi connectivity index (χ2n) is 4.30. The summed E-state index contributed by atoms with van der Waals surface area (Å²) in [4.78, 5) is 12.1. The van der Waals surface area contributed by atoms with E-state index < -0.39 is 4.92 Å². The van der Waals surface area contributed by atoms with Crippen LogP contribution >= 0.6 is 11.8 Å². The number of phenols is 1. The number of hydrogen-bond acceptors (Lipinski definition) is 5. The van der Waals surface area contributed by atoms with Crippen molar-refractivity contribution >= 4 is 17.4 Å². The lowest BCUT2D eigenvalue weighted by Gasteiger charge is -2.24. The largest absolute Gasteiger partial charge is 0.502 e. The molecule has 0 aliphatic heterocycles. The number of aromatic hydroxyl groups is 1. The molecule has 1 aromatic carbocycles. The Bertz CT molecular complexity index is 426. The van der Waals surface area contributed by atoms with Crippen molar-refractivity contribution in [1.29, 1.82) is 0 Å². The molecule has 0 bridgehead atoms. The van der Waals surface area contributed by atoms with Gasteiger partial charge >= 0.3 is 5.69 Å². The normalized spacial score (nSPS) is 12.7. The Hall–Kier alpha value is -1.27. The van der Waals surface area contributed by atoms with E-state index in [-0.39, 0.29) is 11.4 Å². The van der Waals surface area contributed by atoms with Gasteiger partial charge in [0, 0.05) is 24.4 Å². The third kappa shape index (κ3) is 3.89. The highest BCUT2D eigenvalue weighted by atomic mass is 32.2. The first kappa shape index (κ1) is 14.8. The molecule has 0 aromatic heterocycles. The molecule has 5 nitrogen and oxygen atoms in total. The Labute approximate surface area is 111 Å². The molecule has 1 rings (SSSR count). The fourth-order valence-corrected chi connectivity index (χ4v) is 2.37. The van der Waals surface area contributed by atoms with Gasteiger partial charge in [-0.05, 0) is 31.9 Å². The molecule has 0 saturated carbocycles. The minimum absolute atomic E-state index is 0.251. The molecule has 0 heterocycles. The molecule has 0 aliphatic carbocycles. The summed E-state index contributed by atoms with van der Waals surface area (Å²) in [5, 5.41) is 20.1. The third-order valence-corrected chi connectivity index (χ3v) is 3.64. The molecular formula is C12H18N2O3S. The van der Waals surface area contributed by atoms with E-state index in [1.807, 2.05) is 7.05 Å². The van der Waals surface area contributed by atoms with Gasteiger partial charge in [-0.25, -0.2) is 0 Å². The highest BCUT2D eigenvalue weighted by Gasteiger charge is 2.15. The first-order chi connectivity index (χ1) is 8.45. The maximum Gasteiger partial charge on any atom is 0.310 e. The van der Waals surface area contributed by atoms with Crippen LogP contribution in [0.1, 0.15) is 12.5 Å².